The highest BCUT2D eigenvalue weighted by Crippen LogP contribution is 2.31. The zero-order chi connectivity index (χ0) is 14.9. The number of rotatable bonds is 3. The third-order valence-electron chi connectivity index (χ3n) is 2.96. The maximum Gasteiger partial charge on any atom is 0.435 e. The van der Waals surface area contributed by atoms with Gasteiger partial charge in [0.1, 0.15) is 5.69 Å². The Bertz CT molecular complexity index is 620. The monoisotopic (exact) mass is 303 g/mol. The summed E-state index contributed by atoms with van der Waals surface area (Å²) in [7, 11) is 0. The number of alkyl halides is 3. The molecule has 0 aromatic carbocycles. The van der Waals surface area contributed by atoms with Gasteiger partial charge in [-0.2, -0.15) is 18.3 Å². The van der Waals surface area contributed by atoms with Gasteiger partial charge in [0.25, 0.3) is 0 Å². The number of halogens is 4. The Balaban J connectivity index is 2.59. The molecule has 2 aromatic rings. The number of nitrogens with zero attached hydrogens (tertiary/aromatic N) is 3. The molecule has 2 aromatic heterocycles. The summed E-state index contributed by atoms with van der Waals surface area (Å²) in [5, 5.41) is 3.96. The van der Waals surface area contributed by atoms with Crippen molar-refractivity contribution in [3.05, 3.63) is 40.4 Å². The van der Waals surface area contributed by atoms with Crippen LogP contribution in [0.4, 0.5) is 13.2 Å². The number of aryl methyl sites for hydroxylation is 2. The summed E-state index contributed by atoms with van der Waals surface area (Å²) >= 11 is 6.27. The van der Waals surface area contributed by atoms with E-state index in [0.717, 1.165) is 16.3 Å². The van der Waals surface area contributed by atoms with Crippen LogP contribution in [-0.4, -0.2) is 14.8 Å². The van der Waals surface area contributed by atoms with Crippen LogP contribution in [0.25, 0.3) is 5.69 Å². The Morgan fingerprint density at radius 3 is 2.45 bits per heavy atom. The highest BCUT2D eigenvalue weighted by molar-refractivity contribution is 6.33. The van der Waals surface area contributed by atoms with Gasteiger partial charge in [-0.15, -0.1) is 0 Å². The zero-order valence-corrected chi connectivity index (χ0v) is 11.8. The van der Waals surface area contributed by atoms with Gasteiger partial charge < -0.3 is 0 Å². The van der Waals surface area contributed by atoms with Crippen molar-refractivity contribution in [1.82, 2.24) is 14.8 Å². The molecule has 0 unspecified atom stereocenters. The minimum atomic E-state index is -4.47. The van der Waals surface area contributed by atoms with Crippen molar-refractivity contribution in [2.45, 2.75) is 32.9 Å². The molecule has 0 aliphatic carbocycles. The summed E-state index contributed by atoms with van der Waals surface area (Å²) in [6.45, 7) is 3.77. The minimum absolute atomic E-state index is 0.399. The zero-order valence-electron chi connectivity index (χ0n) is 11.0. The van der Waals surface area contributed by atoms with E-state index in [0.29, 0.717) is 29.2 Å². The second-order valence-corrected chi connectivity index (χ2v) is 4.62. The Kier molecular flexibility index (Phi) is 4.04. The van der Waals surface area contributed by atoms with Gasteiger partial charge in [-0.1, -0.05) is 25.4 Å². The summed E-state index contributed by atoms with van der Waals surface area (Å²) in [5.74, 6) is 0. The third kappa shape index (κ3) is 2.65. The van der Waals surface area contributed by atoms with Crippen LogP contribution in [-0.2, 0) is 19.0 Å². The molecule has 0 amide bonds. The van der Waals surface area contributed by atoms with Crippen LogP contribution in [0.1, 0.15) is 30.8 Å². The molecule has 7 heteroatoms. The lowest BCUT2D eigenvalue weighted by atomic mass is 10.1. The van der Waals surface area contributed by atoms with Gasteiger partial charge in [-0.3, -0.25) is 4.98 Å². The van der Waals surface area contributed by atoms with Gasteiger partial charge in [-0.05, 0) is 24.5 Å². The van der Waals surface area contributed by atoms with E-state index in [4.69, 9.17) is 11.6 Å². The van der Waals surface area contributed by atoms with Gasteiger partial charge in [0.15, 0.2) is 5.69 Å². The standard InChI is InChI=1S/C13H13ClF3N3/c1-3-8-7-18-9(4-2)12(11(8)14)20-6-5-10(19-20)13(15,16)17/h5-7H,3-4H2,1-2H3. The minimum Gasteiger partial charge on any atom is -0.259 e. The smallest absolute Gasteiger partial charge is 0.259 e. The summed E-state index contributed by atoms with van der Waals surface area (Å²) in [4.78, 5) is 4.25. The van der Waals surface area contributed by atoms with Gasteiger partial charge >= 0.3 is 6.18 Å². The first-order valence-corrected chi connectivity index (χ1v) is 6.55. The fourth-order valence-electron chi connectivity index (χ4n) is 1.89. The van der Waals surface area contributed by atoms with E-state index in [1.165, 1.54) is 6.20 Å². The van der Waals surface area contributed by atoms with Crippen molar-refractivity contribution in [2.75, 3.05) is 0 Å². The maximum atomic E-state index is 12.6. The first-order chi connectivity index (χ1) is 9.38. The molecule has 2 rings (SSSR count). The Morgan fingerprint density at radius 2 is 1.95 bits per heavy atom. The summed E-state index contributed by atoms with van der Waals surface area (Å²) < 4.78 is 39.0. The molecule has 0 aliphatic heterocycles. The molecule has 0 atom stereocenters. The van der Waals surface area contributed by atoms with Crippen molar-refractivity contribution in [3.8, 4) is 5.69 Å². The average molecular weight is 304 g/mol. The lowest BCUT2D eigenvalue weighted by Crippen LogP contribution is -2.09. The van der Waals surface area contributed by atoms with Gasteiger partial charge in [0, 0.05) is 12.4 Å². The molecular formula is C13H13ClF3N3. The first kappa shape index (κ1) is 14.8. The van der Waals surface area contributed by atoms with E-state index in [9.17, 15) is 13.2 Å². The van der Waals surface area contributed by atoms with Gasteiger partial charge in [0.05, 0.1) is 10.7 Å². The summed E-state index contributed by atoms with van der Waals surface area (Å²) in [6.07, 6.45) is -0.362. The molecule has 3 nitrogen and oxygen atoms in total. The average Bonchev–Trinajstić information content (AvgIpc) is 2.87. The molecule has 0 N–H and O–H groups in total. The molecule has 0 spiro atoms. The third-order valence-corrected chi connectivity index (χ3v) is 3.39. The highest BCUT2D eigenvalue weighted by Gasteiger charge is 2.34. The molecule has 0 bridgehead atoms. The highest BCUT2D eigenvalue weighted by atomic mass is 35.5. The van der Waals surface area contributed by atoms with Crippen molar-refractivity contribution in [3.63, 3.8) is 0 Å². The number of pyridine rings is 1. The second-order valence-electron chi connectivity index (χ2n) is 4.24. The molecular weight excluding hydrogens is 291 g/mol. The topological polar surface area (TPSA) is 30.7 Å². The molecule has 20 heavy (non-hydrogen) atoms. The van der Waals surface area contributed by atoms with Crippen molar-refractivity contribution < 1.29 is 13.2 Å². The number of hydrogen-bond acceptors (Lipinski definition) is 2. The molecule has 0 saturated heterocycles. The number of hydrogen-bond donors (Lipinski definition) is 0. The van der Waals surface area contributed by atoms with Crippen molar-refractivity contribution in [1.29, 1.82) is 0 Å². The normalized spacial score (nSPS) is 11.9. The molecule has 0 aliphatic rings. The van der Waals surface area contributed by atoms with Gasteiger partial charge in [-0.25, -0.2) is 4.68 Å². The fraction of sp³-hybridized carbons (Fsp3) is 0.385. The van der Waals surface area contributed by atoms with Crippen LogP contribution >= 0.6 is 11.6 Å². The van der Waals surface area contributed by atoms with Crippen LogP contribution in [0.3, 0.4) is 0 Å². The second kappa shape index (κ2) is 5.44. The molecule has 108 valence electrons. The Morgan fingerprint density at radius 1 is 1.25 bits per heavy atom. The molecule has 0 saturated carbocycles. The lowest BCUT2D eigenvalue weighted by Gasteiger charge is -2.12. The van der Waals surface area contributed by atoms with Crippen LogP contribution < -0.4 is 0 Å². The van der Waals surface area contributed by atoms with Crippen LogP contribution in [0, 0.1) is 0 Å². The number of aromatic nitrogens is 3. The summed E-state index contributed by atoms with van der Waals surface area (Å²) in [5.41, 5.74) is 0.869. The maximum absolute atomic E-state index is 12.6. The van der Waals surface area contributed by atoms with Crippen LogP contribution in [0.2, 0.25) is 5.02 Å². The van der Waals surface area contributed by atoms with E-state index >= 15 is 0 Å². The summed E-state index contributed by atoms with van der Waals surface area (Å²) in [6, 6.07) is 0.925. The fourth-order valence-corrected chi connectivity index (χ4v) is 2.27. The quantitative estimate of drug-likeness (QED) is 0.856. The van der Waals surface area contributed by atoms with E-state index in [2.05, 4.69) is 10.1 Å². The predicted molar refractivity (Wildman–Crippen MR) is 70.1 cm³/mol. The van der Waals surface area contributed by atoms with E-state index < -0.39 is 11.9 Å². The van der Waals surface area contributed by atoms with Crippen molar-refractivity contribution in [2.24, 2.45) is 0 Å². The van der Waals surface area contributed by atoms with Crippen molar-refractivity contribution >= 4 is 11.6 Å². The molecule has 2 heterocycles. The van der Waals surface area contributed by atoms with Crippen LogP contribution in [0.15, 0.2) is 18.5 Å². The Labute approximate surface area is 119 Å². The first-order valence-electron chi connectivity index (χ1n) is 6.18. The predicted octanol–water partition coefficient (Wildman–Crippen LogP) is 4.06. The lowest BCUT2D eigenvalue weighted by molar-refractivity contribution is -0.141. The van der Waals surface area contributed by atoms with Gasteiger partial charge in [0.2, 0.25) is 0 Å². The van der Waals surface area contributed by atoms with Crippen LogP contribution in [0.5, 0.6) is 0 Å². The SMILES string of the molecule is CCc1cnc(CC)c(-n2ccc(C(F)(F)F)n2)c1Cl. The Hall–Kier alpha value is -1.56. The van der Waals surface area contributed by atoms with E-state index in [1.807, 2.05) is 13.8 Å². The van der Waals surface area contributed by atoms with E-state index in [-0.39, 0.29) is 0 Å². The largest absolute Gasteiger partial charge is 0.435 e. The van der Waals surface area contributed by atoms with E-state index in [1.54, 1.807) is 6.20 Å². The molecule has 0 radical (unpaired) electrons. The molecule has 0 fully saturated rings.